The van der Waals surface area contributed by atoms with Gasteiger partial charge in [0.1, 0.15) is 29.0 Å². The number of halogens is 3. The molecule has 1 saturated heterocycles. The Labute approximate surface area is 180 Å². The van der Waals surface area contributed by atoms with Crippen molar-refractivity contribution in [2.45, 2.75) is 12.5 Å². The van der Waals surface area contributed by atoms with Crippen molar-refractivity contribution < 1.29 is 18.4 Å². The quantitative estimate of drug-likeness (QED) is 0.633. The van der Waals surface area contributed by atoms with E-state index in [-0.39, 0.29) is 36.7 Å². The van der Waals surface area contributed by atoms with E-state index in [2.05, 4.69) is 21.4 Å². The molecule has 0 saturated carbocycles. The van der Waals surface area contributed by atoms with E-state index in [1.807, 2.05) is 0 Å². The van der Waals surface area contributed by atoms with Crippen LogP contribution in [-0.2, 0) is 11.2 Å². The number of nitriles is 1. The number of amides is 2. The number of carbonyl (C=O) groups is 2. The molecule has 0 unspecified atom stereocenters. The Morgan fingerprint density at radius 3 is 2.81 bits per heavy atom. The zero-order valence-electron chi connectivity index (χ0n) is 16.0. The van der Waals surface area contributed by atoms with Crippen LogP contribution in [0.4, 0.5) is 8.78 Å². The van der Waals surface area contributed by atoms with Crippen LogP contribution in [0.15, 0.2) is 36.5 Å². The van der Waals surface area contributed by atoms with Gasteiger partial charge in [0.2, 0.25) is 5.91 Å². The molecule has 1 aliphatic rings. The number of aromatic nitrogens is 2. The highest BCUT2D eigenvalue weighted by Crippen LogP contribution is 2.20. The lowest BCUT2D eigenvalue weighted by molar-refractivity contribution is -0.138. The molecule has 2 aromatic heterocycles. The Balaban J connectivity index is 1.57. The molecule has 0 radical (unpaired) electrons. The first-order chi connectivity index (χ1) is 14.8. The zero-order chi connectivity index (χ0) is 22.1. The van der Waals surface area contributed by atoms with Crippen molar-refractivity contribution in [3.8, 4) is 6.07 Å². The number of rotatable bonds is 5. The van der Waals surface area contributed by atoms with Gasteiger partial charge in [0.05, 0.1) is 17.0 Å². The standard InChI is InChI=1S/C21H16ClF2N5O2/c22-14-3-13-5-17(27-19(13)26-8-14)20(30)28-18(21(31)29-9-11(7-25)10-29)4-12-1-2-15(23)6-16(12)24/h1-3,5-6,8,11,18H,4,9-10H2,(H,26,27)(H,28,30)/t18-/m0/s1. The maximum atomic E-state index is 14.2. The number of carbonyl (C=O) groups excluding carboxylic acids is 2. The van der Waals surface area contributed by atoms with Crippen LogP contribution in [0, 0.1) is 28.9 Å². The van der Waals surface area contributed by atoms with Crippen molar-refractivity contribution in [3.63, 3.8) is 0 Å². The van der Waals surface area contributed by atoms with Crippen LogP contribution in [0.5, 0.6) is 0 Å². The van der Waals surface area contributed by atoms with Gasteiger partial charge in [-0.3, -0.25) is 9.59 Å². The normalized spacial score (nSPS) is 14.7. The number of pyridine rings is 1. The minimum Gasteiger partial charge on any atom is -0.339 e. The molecule has 1 fully saturated rings. The summed E-state index contributed by atoms with van der Waals surface area (Å²) < 4.78 is 27.4. The van der Waals surface area contributed by atoms with Crippen molar-refractivity contribution in [2.75, 3.05) is 13.1 Å². The molecule has 4 rings (SSSR count). The van der Waals surface area contributed by atoms with Crippen LogP contribution >= 0.6 is 11.6 Å². The lowest BCUT2D eigenvalue weighted by Gasteiger charge is -2.37. The number of likely N-dealkylation sites (tertiary alicyclic amines) is 1. The molecular weight excluding hydrogens is 428 g/mol. The van der Waals surface area contributed by atoms with E-state index in [4.69, 9.17) is 16.9 Å². The summed E-state index contributed by atoms with van der Waals surface area (Å²) in [5, 5.41) is 12.6. The van der Waals surface area contributed by atoms with Crippen LogP contribution < -0.4 is 5.32 Å². The van der Waals surface area contributed by atoms with Gasteiger partial charge in [-0.15, -0.1) is 0 Å². The molecule has 7 nitrogen and oxygen atoms in total. The molecular formula is C21H16ClF2N5O2. The number of H-pyrrole nitrogens is 1. The van der Waals surface area contributed by atoms with E-state index in [0.717, 1.165) is 12.1 Å². The van der Waals surface area contributed by atoms with Crippen LogP contribution in [-0.4, -0.2) is 45.8 Å². The molecule has 1 aromatic carbocycles. The molecule has 1 aliphatic heterocycles. The minimum absolute atomic E-state index is 0.0856. The lowest BCUT2D eigenvalue weighted by Crippen LogP contribution is -2.57. The third kappa shape index (κ3) is 4.34. The predicted octanol–water partition coefficient (Wildman–Crippen LogP) is 2.82. The van der Waals surface area contributed by atoms with Crippen LogP contribution in [0.2, 0.25) is 5.02 Å². The van der Waals surface area contributed by atoms with E-state index < -0.39 is 29.5 Å². The first kappa shape index (κ1) is 20.8. The summed E-state index contributed by atoms with van der Waals surface area (Å²) >= 11 is 5.92. The topological polar surface area (TPSA) is 102 Å². The molecule has 1 atom stereocenters. The molecule has 2 N–H and O–H groups in total. The minimum atomic E-state index is -1.10. The van der Waals surface area contributed by atoms with Gasteiger partial charge in [-0.25, -0.2) is 13.8 Å². The second kappa shape index (κ2) is 8.32. The van der Waals surface area contributed by atoms with E-state index in [9.17, 15) is 18.4 Å². The Hall–Kier alpha value is -3.51. The van der Waals surface area contributed by atoms with Crippen molar-refractivity contribution in [1.82, 2.24) is 20.2 Å². The number of nitrogens with one attached hydrogen (secondary N) is 2. The molecule has 31 heavy (non-hydrogen) atoms. The summed E-state index contributed by atoms with van der Waals surface area (Å²) in [4.78, 5) is 34.1. The molecule has 0 spiro atoms. The number of hydrogen-bond acceptors (Lipinski definition) is 4. The summed E-state index contributed by atoms with van der Waals surface area (Å²) in [5.74, 6) is -2.85. The molecule has 10 heteroatoms. The van der Waals surface area contributed by atoms with E-state index >= 15 is 0 Å². The highest BCUT2D eigenvalue weighted by molar-refractivity contribution is 6.31. The number of hydrogen-bond donors (Lipinski definition) is 2. The molecule has 0 aliphatic carbocycles. The molecule has 2 amide bonds. The van der Waals surface area contributed by atoms with Gasteiger partial charge in [0.15, 0.2) is 0 Å². The maximum absolute atomic E-state index is 14.2. The molecule has 0 bridgehead atoms. The summed E-state index contributed by atoms with van der Waals surface area (Å²) in [7, 11) is 0. The Kier molecular flexibility index (Phi) is 5.57. The average Bonchev–Trinajstić information content (AvgIpc) is 3.11. The van der Waals surface area contributed by atoms with Gasteiger partial charge in [0, 0.05) is 37.2 Å². The zero-order valence-corrected chi connectivity index (χ0v) is 16.8. The molecule has 158 valence electrons. The highest BCUT2D eigenvalue weighted by Gasteiger charge is 2.35. The third-order valence-corrected chi connectivity index (χ3v) is 5.31. The van der Waals surface area contributed by atoms with Gasteiger partial charge >= 0.3 is 0 Å². The summed E-state index contributed by atoms with van der Waals surface area (Å²) in [5.41, 5.74) is 0.685. The van der Waals surface area contributed by atoms with Gasteiger partial charge < -0.3 is 15.2 Å². The Morgan fingerprint density at radius 2 is 2.10 bits per heavy atom. The first-order valence-corrected chi connectivity index (χ1v) is 9.79. The van der Waals surface area contributed by atoms with E-state index in [1.54, 1.807) is 12.1 Å². The van der Waals surface area contributed by atoms with Gasteiger partial charge in [-0.2, -0.15) is 5.26 Å². The number of nitrogens with zero attached hydrogens (tertiary/aromatic N) is 3. The van der Waals surface area contributed by atoms with Crippen molar-refractivity contribution in [2.24, 2.45) is 5.92 Å². The fourth-order valence-electron chi connectivity index (χ4n) is 3.41. The largest absolute Gasteiger partial charge is 0.339 e. The SMILES string of the molecule is N#CC1CN(C(=O)[C@H](Cc2ccc(F)cc2F)NC(=O)c2cc3cc(Cl)cnc3[nH]2)C1. The van der Waals surface area contributed by atoms with E-state index in [1.165, 1.54) is 17.2 Å². The third-order valence-electron chi connectivity index (χ3n) is 5.10. The average molecular weight is 444 g/mol. The number of benzene rings is 1. The number of aromatic amines is 1. The van der Waals surface area contributed by atoms with Crippen LogP contribution in [0.1, 0.15) is 16.1 Å². The van der Waals surface area contributed by atoms with Crippen LogP contribution in [0.25, 0.3) is 11.0 Å². The monoisotopic (exact) mass is 443 g/mol. The summed E-state index contributed by atoms with van der Waals surface area (Å²) in [6.45, 7) is 0.477. The number of fused-ring (bicyclic) bond motifs is 1. The predicted molar refractivity (Wildman–Crippen MR) is 108 cm³/mol. The van der Waals surface area contributed by atoms with Crippen LogP contribution in [0.3, 0.4) is 0 Å². The first-order valence-electron chi connectivity index (χ1n) is 9.41. The molecule has 3 aromatic rings. The van der Waals surface area contributed by atoms with Gasteiger partial charge in [-0.1, -0.05) is 17.7 Å². The van der Waals surface area contributed by atoms with Crippen molar-refractivity contribution >= 4 is 34.4 Å². The second-order valence-corrected chi connectivity index (χ2v) is 7.75. The fraction of sp³-hybridized carbons (Fsp3) is 0.238. The summed E-state index contributed by atoms with van der Waals surface area (Å²) in [6.07, 6.45) is 1.26. The van der Waals surface area contributed by atoms with Crippen molar-refractivity contribution in [3.05, 3.63) is 64.4 Å². The lowest BCUT2D eigenvalue weighted by atomic mass is 9.98. The Morgan fingerprint density at radius 1 is 1.32 bits per heavy atom. The smallest absolute Gasteiger partial charge is 0.268 e. The summed E-state index contributed by atoms with van der Waals surface area (Å²) in [6, 6.07) is 7.19. The van der Waals surface area contributed by atoms with E-state index in [0.29, 0.717) is 16.1 Å². The second-order valence-electron chi connectivity index (χ2n) is 7.31. The Bertz CT molecular complexity index is 1220. The maximum Gasteiger partial charge on any atom is 0.268 e. The van der Waals surface area contributed by atoms with Crippen molar-refractivity contribution in [1.29, 1.82) is 5.26 Å². The van der Waals surface area contributed by atoms with Gasteiger partial charge in [-0.05, 0) is 23.8 Å². The molecule has 3 heterocycles. The fourth-order valence-corrected chi connectivity index (χ4v) is 3.58. The highest BCUT2D eigenvalue weighted by atomic mass is 35.5. The van der Waals surface area contributed by atoms with Gasteiger partial charge in [0.25, 0.3) is 5.91 Å².